The lowest BCUT2D eigenvalue weighted by Crippen LogP contribution is -2.03. The van der Waals surface area contributed by atoms with E-state index in [1.807, 2.05) is 4.57 Å². The maximum atomic E-state index is 13.4. The summed E-state index contributed by atoms with van der Waals surface area (Å²) in [5, 5.41) is 0. The Morgan fingerprint density at radius 3 is 3.00 bits per heavy atom. The van der Waals surface area contributed by atoms with Gasteiger partial charge in [0, 0.05) is 17.1 Å². The van der Waals surface area contributed by atoms with Crippen LogP contribution in [0.5, 0.6) is 0 Å². The van der Waals surface area contributed by atoms with Gasteiger partial charge in [0.15, 0.2) is 0 Å². The number of hydrogen-bond donors (Lipinski definition) is 1. The predicted molar refractivity (Wildman–Crippen MR) is 73.0 cm³/mol. The molecule has 0 saturated heterocycles. The Bertz CT molecular complexity index is 707. The van der Waals surface area contributed by atoms with E-state index in [0.717, 1.165) is 10.4 Å². The number of nitrogens with zero attached hydrogens (tertiary/aromatic N) is 3. The molecule has 0 aliphatic heterocycles. The number of halogens is 2. The highest BCUT2D eigenvalue weighted by Gasteiger charge is 2.12. The molecule has 3 aromatic rings. The molecule has 7 heteroatoms. The van der Waals surface area contributed by atoms with Crippen molar-refractivity contribution in [1.29, 1.82) is 0 Å². The number of rotatable bonds is 2. The number of fused-ring (bicyclic) bond motifs is 1. The molecule has 0 atom stereocenters. The number of anilines is 1. The average molecular weight is 327 g/mol. The fraction of sp³-hybridized carbons (Fsp3) is 0.0909. The van der Waals surface area contributed by atoms with E-state index in [0.29, 0.717) is 22.5 Å². The molecule has 18 heavy (non-hydrogen) atoms. The lowest BCUT2D eigenvalue weighted by Gasteiger charge is -2.04. The number of nitrogens with two attached hydrogens (primary N) is 1. The Balaban J connectivity index is 2.16. The van der Waals surface area contributed by atoms with E-state index in [1.54, 1.807) is 29.1 Å². The molecule has 0 bridgehead atoms. The summed E-state index contributed by atoms with van der Waals surface area (Å²) < 4.78 is 15.7. The Hall–Kier alpha value is -1.47. The summed E-state index contributed by atoms with van der Waals surface area (Å²) in [6, 6.07) is 3.06. The quantitative estimate of drug-likeness (QED) is 0.787. The van der Waals surface area contributed by atoms with Gasteiger partial charge in [-0.3, -0.25) is 4.98 Å². The van der Waals surface area contributed by atoms with Crippen LogP contribution in [0.4, 0.5) is 10.3 Å². The molecule has 3 rings (SSSR count). The van der Waals surface area contributed by atoms with Crippen molar-refractivity contribution < 1.29 is 4.39 Å². The minimum Gasteiger partial charge on any atom is -0.369 e. The highest BCUT2D eigenvalue weighted by molar-refractivity contribution is 9.10. The molecular weight excluding hydrogens is 319 g/mol. The zero-order chi connectivity index (χ0) is 12.7. The van der Waals surface area contributed by atoms with Crippen molar-refractivity contribution in [3.63, 3.8) is 0 Å². The van der Waals surface area contributed by atoms with Crippen molar-refractivity contribution in [2.24, 2.45) is 0 Å². The van der Waals surface area contributed by atoms with E-state index >= 15 is 0 Å². The van der Waals surface area contributed by atoms with Crippen molar-refractivity contribution in [2.75, 3.05) is 5.73 Å². The number of aromatic nitrogens is 3. The Kier molecular flexibility index (Phi) is 2.79. The zero-order valence-electron chi connectivity index (χ0n) is 9.10. The summed E-state index contributed by atoms with van der Waals surface area (Å²) in [7, 11) is 0. The van der Waals surface area contributed by atoms with Crippen LogP contribution < -0.4 is 5.73 Å². The largest absolute Gasteiger partial charge is 0.369 e. The third-order valence-corrected chi connectivity index (χ3v) is 3.99. The van der Waals surface area contributed by atoms with Crippen molar-refractivity contribution in [2.45, 2.75) is 6.54 Å². The number of thiazole rings is 1. The smallest absolute Gasteiger partial charge is 0.201 e. The Morgan fingerprint density at radius 2 is 2.28 bits per heavy atom. The second-order valence-corrected chi connectivity index (χ2v) is 5.60. The van der Waals surface area contributed by atoms with Crippen molar-refractivity contribution in [3.05, 3.63) is 39.0 Å². The molecule has 0 fully saturated rings. The molecule has 0 unspecified atom stereocenters. The molecule has 0 saturated carbocycles. The maximum Gasteiger partial charge on any atom is 0.201 e. The van der Waals surface area contributed by atoms with Gasteiger partial charge in [0.25, 0.3) is 0 Å². The third-order valence-electron chi connectivity index (χ3n) is 2.62. The zero-order valence-corrected chi connectivity index (χ0v) is 11.5. The highest BCUT2D eigenvalue weighted by atomic mass is 79.9. The molecule has 2 heterocycles. The average Bonchev–Trinajstić information content (AvgIpc) is 2.92. The first kappa shape index (κ1) is 11.6. The summed E-state index contributed by atoms with van der Waals surface area (Å²) in [4.78, 5) is 9.25. The predicted octanol–water partition coefficient (Wildman–Crippen LogP) is 3.02. The van der Waals surface area contributed by atoms with Gasteiger partial charge >= 0.3 is 0 Å². The monoisotopic (exact) mass is 326 g/mol. The van der Waals surface area contributed by atoms with E-state index in [-0.39, 0.29) is 5.82 Å². The van der Waals surface area contributed by atoms with E-state index in [9.17, 15) is 4.39 Å². The topological polar surface area (TPSA) is 56.7 Å². The Morgan fingerprint density at radius 1 is 1.44 bits per heavy atom. The van der Waals surface area contributed by atoms with Gasteiger partial charge < -0.3 is 10.3 Å². The fourth-order valence-electron chi connectivity index (χ4n) is 1.78. The van der Waals surface area contributed by atoms with Crippen LogP contribution in [0.2, 0.25) is 0 Å². The number of hydrogen-bond acceptors (Lipinski definition) is 4. The summed E-state index contributed by atoms with van der Waals surface area (Å²) >= 11 is 4.72. The lowest BCUT2D eigenvalue weighted by atomic mass is 10.3. The molecule has 0 amide bonds. The molecule has 0 radical (unpaired) electrons. The van der Waals surface area contributed by atoms with Gasteiger partial charge in [0.2, 0.25) is 5.95 Å². The lowest BCUT2D eigenvalue weighted by molar-refractivity contribution is 0.622. The van der Waals surface area contributed by atoms with Gasteiger partial charge in [-0.25, -0.2) is 9.37 Å². The first-order valence-electron chi connectivity index (χ1n) is 5.13. The Labute approximate surface area is 114 Å². The van der Waals surface area contributed by atoms with Crippen LogP contribution in [0.25, 0.3) is 11.0 Å². The van der Waals surface area contributed by atoms with Gasteiger partial charge in [0.05, 0.1) is 27.6 Å². The van der Waals surface area contributed by atoms with Crippen molar-refractivity contribution in [3.8, 4) is 0 Å². The van der Waals surface area contributed by atoms with Crippen LogP contribution in [0.1, 0.15) is 4.88 Å². The van der Waals surface area contributed by atoms with Crippen LogP contribution >= 0.6 is 27.3 Å². The van der Waals surface area contributed by atoms with Crippen LogP contribution in [-0.4, -0.2) is 14.5 Å². The van der Waals surface area contributed by atoms with Crippen molar-refractivity contribution in [1.82, 2.24) is 14.5 Å². The molecule has 0 spiro atoms. The second kappa shape index (κ2) is 4.33. The van der Waals surface area contributed by atoms with Crippen LogP contribution in [0.3, 0.4) is 0 Å². The number of benzene rings is 1. The first-order chi connectivity index (χ1) is 8.65. The standard InChI is InChI=1S/C11H8BrFN4S/c12-7-1-10-9(2-8(7)13)16-11(14)17(10)4-6-3-15-5-18-6/h1-3,5H,4H2,(H2,14,16). The van der Waals surface area contributed by atoms with Gasteiger partial charge in [0.1, 0.15) is 5.82 Å². The summed E-state index contributed by atoms with van der Waals surface area (Å²) in [5.74, 6) is 0.0286. The van der Waals surface area contributed by atoms with Crippen LogP contribution in [0.15, 0.2) is 28.3 Å². The minimum atomic E-state index is -0.343. The summed E-state index contributed by atoms with van der Waals surface area (Å²) in [6.45, 7) is 0.588. The van der Waals surface area contributed by atoms with Crippen molar-refractivity contribution >= 4 is 44.2 Å². The second-order valence-electron chi connectivity index (χ2n) is 3.78. The summed E-state index contributed by atoms with van der Waals surface area (Å²) in [5.41, 5.74) is 8.99. The molecule has 0 aliphatic carbocycles. The number of nitrogen functional groups attached to an aromatic ring is 1. The SMILES string of the molecule is Nc1nc2cc(F)c(Br)cc2n1Cc1cncs1. The molecule has 4 nitrogen and oxygen atoms in total. The molecule has 0 aliphatic rings. The first-order valence-corrected chi connectivity index (χ1v) is 6.80. The fourth-order valence-corrected chi connectivity index (χ4v) is 2.69. The summed E-state index contributed by atoms with van der Waals surface area (Å²) in [6.07, 6.45) is 1.79. The van der Waals surface area contributed by atoms with E-state index in [2.05, 4.69) is 25.9 Å². The van der Waals surface area contributed by atoms with E-state index in [1.165, 1.54) is 6.07 Å². The molecule has 2 aromatic heterocycles. The third kappa shape index (κ3) is 1.89. The maximum absolute atomic E-state index is 13.4. The minimum absolute atomic E-state index is 0.343. The van der Waals surface area contributed by atoms with E-state index < -0.39 is 0 Å². The van der Waals surface area contributed by atoms with Crippen LogP contribution in [-0.2, 0) is 6.54 Å². The highest BCUT2D eigenvalue weighted by Crippen LogP contribution is 2.26. The molecule has 92 valence electrons. The molecule has 2 N–H and O–H groups in total. The van der Waals surface area contributed by atoms with Crippen LogP contribution in [0, 0.1) is 5.82 Å². The van der Waals surface area contributed by atoms with Gasteiger partial charge in [-0.05, 0) is 22.0 Å². The normalized spacial score (nSPS) is 11.2. The molecule has 1 aromatic carbocycles. The van der Waals surface area contributed by atoms with Gasteiger partial charge in [-0.15, -0.1) is 11.3 Å². The molecular formula is C11H8BrFN4S. The van der Waals surface area contributed by atoms with Gasteiger partial charge in [-0.2, -0.15) is 0 Å². The number of imidazole rings is 1. The van der Waals surface area contributed by atoms with E-state index in [4.69, 9.17) is 5.73 Å². The van der Waals surface area contributed by atoms with Gasteiger partial charge in [-0.1, -0.05) is 0 Å².